The topological polar surface area (TPSA) is 188 Å². The zero-order chi connectivity index (χ0) is 53.6. The van der Waals surface area contributed by atoms with Gasteiger partial charge in [0.05, 0.1) is 55.7 Å². The third kappa shape index (κ3) is 13.7. The molecule has 0 bridgehead atoms. The van der Waals surface area contributed by atoms with Gasteiger partial charge in [-0.25, -0.2) is 9.97 Å². The summed E-state index contributed by atoms with van der Waals surface area (Å²) in [6.45, 7) is 18.9. The van der Waals surface area contributed by atoms with Crippen molar-refractivity contribution in [2.45, 2.75) is 64.2 Å². The summed E-state index contributed by atoms with van der Waals surface area (Å²) < 4.78 is 53.0. The SMILES string of the molecule is CN1CCN(Cc2ccc(C(=O)NCC3COc4cccc(-c5cn(C)cn5)c4O3)o2)CC1.CN1CCN(Cc2ccc(C(=O)NCC3COc4cccc(B5OC(C)(C)C(C)(C)O5)c4O3)o2)CC1.Cn1cnc(Br)c1. The van der Waals surface area contributed by atoms with E-state index in [-0.39, 0.29) is 30.6 Å². The number of ether oxygens (including phenoxy) is 4. The first kappa shape index (κ1) is 54.6. The molecular weight excluding hydrogens is 1040 g/mol. The second-order valence-corrected chi connectivity index (χ2v) is 21.7. The van der Waals surface area contributed by atoms with Crippen molar-refractivity contribution < 1.29 is 46.7 Å². The van der Waals surface area contributed by atoms with Crippen LogP contribution in [0.2, 0.25) is 0 Å². The van der Waals surface area contributed by atoms with Gasteiger partial charge in [0.25, 0.3) is 11.8 Å². The normalized spacial score (nSPS) is 20.2. The molecule has 5 aliphatic rings. The summed E-state index contributed by atoms with van der Waals surface area (Å²) >= 11 is 3.20. The van der Waals surface area contributed by atoms with Crippen LogP contribution in [-0.4, -0.2) is 174 Å². The third-order valence-corrected chi connectivity index (χ3v) is 14.7. The van der Waals surface area contributed by atoms with Crippen LogP contribution in [0.3, 0.4) is 0 Å². The van der Waals surface area contributed by atoms with Crippen LogP contribution in [-0.2, 0) is 36.5 Å². The van der Waals surface area contributed by atoms with Crippen LogP contribution in [0.15, 0.2) is 99.1 Å². The summed E-state index contributed by atoms with van der Waals surface area (Å²) in [5.74, 6) is 4.24. The minimum atomic E-state index is -0.566. The largest absolute Gasteiger partial charge is 0.498 e. The van der Waals surface area contributed by atoms with E-state index >= 15 is 0 Å². The van der Waals surface area contributed by atoms with Gasteiger partial charge in [-0.1, -0.05) is 18.2 Å². The number of piperazine rings is 2. The fourth-order valence-corrected chi connectivity index (χ4v) is 9.41. The number of aryl methyl sites for hydroxylation is 2. The van der Waals surface area contributed by atoms with Gasteiger partial charge in [-0.05, 0) is 100 Å². The standard InChI is InChI=1S/C26H36BN3O6.C24H29N5O4.C4H5BrN2/c1-25(2)26(3,4)36-27(35-25)20-7-6-8-21-23(20)34-19(17-32-21)15-28-24(31)22-10-9-18(33-22)16-30-13-11-29(5)12-14-30;1-27-8-10-29(11-9-27)13-17-6-7-22(32-17)24(30)25-12-18-15-31-21-5-3-4-19(23(21)33-18)20-14-28(2)16-26-20;1-7-2-4(5)6-3-7/h6-10,19H,11-17H2,1-5H3,(H,28,31);3-7,14,16,18H,8-13,15H2,1-2H3,(H,25,30);2-3H,1H3. The van der Waals surface area contributed by atoms with Crippen LogP contribution in [0.1, 0.15) is 60.3 Å². The second kappa shape index (κ2) is 24.0. The van der Waals surface area contributed by atoms with Gasteiger partial charge >= 0.3 is 7.12 Å². The molecule has 6 aromatic rings. The number of benzene rings is 2. The van der Waals surface area contributed by atoms with Gasteiger partial charge in [0.15, 0.2) is 34.5 Å². The van der Waals surface area contributed by atoms with Crippen molar-refractivity contribution in [3.63, 3.8) is 0 Å². The Balaban J connectivity index is 0.000000165. The van der Waals surface area contributed by atoms with Crippen LogP contribution in [0.5, 0.6) is 23.0 Å². The van der Waals surface area contributed by atoms with E-state index in [0.717, 1.165) is 85.2 Å². The lowest BCUT2D eigenvalue weighted by atomic mass is 9.78. The van der Waals surface area contributed by atoms with Crippen LogP contribution in [0, 0.1) is 0 Å². The lowest BCUT2D eigenvalue weighted by Gasteiger charge is -2.32. The molecule has 2 amide bonds. The molecule has 20 nitrogen and oxygen atoms in total. The zero-order valence-electron chi connectivity index (χ0n) is 44.8. The van der Waals surface area contributed by atoms with Crippen molar-refractivity contribution in [2.24, 2.45) is 14.1 Å². The van der Waals surface area contributed by atoms with Gasteiger partial charge in [0.2, 0.25) is 0 Å². The molecule has 3 fully saturated rings. The minimum Gasteiger partial charge on any atom is -0.486 e. The molecule has 2 N–H and O–H groups in total. The molecule has 0 aliphatic carbocycles. The van der Waals surface area contributed by atoms with E-state index in [1.807, 2.05) is 112 Å². The second-order valence-electron chi connectivity index (χ2n) is 20.9. The fraction of sp³-hybridized carbons (Fsp3) is 0.481. The van der Waals surface area contributed by atoms with Crippen LogP contribution in [0.4, 0.5) is 0 Å². The van der Waals surface area contributed by atoms with Gasteiger partial charge in [0.1, 0.15) is 41.5 Å². The molecule has 4 aromatic heterocycles. The number of carbonyl (C=O) groups excluding carboxylic acids is 2. The Bertz CT molecular complexity index is 2870. The highest BCUT2D eigenvalue weighted by Crippen LogP contribution is 2.41. The summed E-state index contributed by atoms with van der Waals surface area (Å²) in [4.78, 5) is 43.0. The maximum Gasteiger partial charge on any atom is 0.498 e. The third-order valence-electron chi connectivity index (χ3n) is 14.3. The molecule has 11 rings (SSSR count). The number of amides is 2. The maximum atomic E-state index is 12.7. The predicted octanol–water partition coefficient (Wildman–Crippen LogP) is 5.08. The van der Waals surface area contributed by atoms with Crippen LogP contribution in [0.25, 0.3) is 11.3 Å². The molecule has 406 valence electrons. The summed E-state index contributed by atoms with van der Waals surface area (Å²) in [5.41, 5.74) is 1.53. The quantitative estimate of drug-likeness (QED) is 0.154. The number of fused-ring (bicyclic) bond motifs is 2. The van der Waals surface area contributed by atoms with Gasteiger partial charge < -0.3 is 66.7 Å². The number of carbonyl (C=O) groups is 2. The summed E-state index contributed by atoms with van der Waals surface area (Å²) in [6.07, 6.45) is 6.64. The summed E-state index contributed by atoms with van der Waals surface area (Å²) in [6, 6.07) is 18.7. The Kier molecular flexibility index (Phi) is 17.3. The highest BCUT2D eigenvalue weighted by Gasteiger charge is 2.53. The average molecular weight is 1110 g/mol. The van der Waals surface area contributed by atoms with E-state index in [9.17, 15) is 9.59 Å². The Hall–Kier alpha value is -6.14. The Morgan fingerprint density at radius 2 is 1.12 bits per heavy atom. The number of nitrogens with zero attached hydrogens (tertiary/aromatic N) is 8. The Labute approximate surface area is 453 Å². The molecule has 0 spiro atoms. The van der Waals surface area contributed by atoms with Gasteiger partial charge in [-0.2, -0.15) is 0 Å². The monoisotopic (exact) mass is 1110 g/mol. The molecule has 2 atom stereocenters. The number of imidazole rings is 2. The lowest BCUT2D eigenvalue weighted by molar-refractivity contribution is 0.00578. The smallest absolute Gasteiger partial charge is 0.486 e. The van der Waals surface area contributed by atoms with E-state index in [2.05, 4.69) is 70.2 Å². The molecule has 0 saturated carbocycles. The predicted molar refractivity (Wildman–Crippen MR) is 289 cm³/mol. The van der Waals surface area contributed by atoms with E-state index in [0.29, 0.717) is 67.4 Å². The fourth-order valence-electron chi connectivity index (χ4n) is 8.99. The van der Waals surface area contributed by atoms with Crippen LogP contribution < -0.4 is 35.0 Å². The molecule has 9 heterocycles. The van der Waals surface area contributed by atoms with Gasteiger partial charge in [0, 0.05) is 89.9 Å². The molecule has 3 saturated heterocycles. The number of rotatable bonds is 12. The number of furan rings is 2. The van der Waals surface area contributed by atoms with Crippen molar-refractivity contribution in [1.82, 2.24) is 49.3 Å². The number of aromatic nitrogens is 4. The molecule has 2 unspecified atom stereocenters. The number of nitrogens with one attached hydrogen (secondary N) is 2. The number of hydrogen-bond acceptors (Lipinski definition) is 16. The van der Waals surface area contributed by atoms with Gasteiger partial charge in [-0.3, -0.25) is 19.4 Å². The van der Waals surface area contributed by atoms with Crippen LogP contribution >= 0.6 is 15.9 Å². The van der Waals surface area contributed by atoms with E-state index < -0.39 is 18.3 Å². The molecule has 76 heavy (non-hydrogen) atoms. The summed E-state index contributed by atoms with van der Waals surface area (Å²) in [5, 5.41) is 5.82. The van der Waals surface area contributed by atoms with Crippen molar-refractivity contribution >= 4 is 40.3 Å². The first-order chi connectivity index (χ1) is 36.4. The highest BCUT2D eigenvalue weighted by molar-refractivity contribution is 9.10. The van der Waals surface area contributed by atoms with E-state index in [1.165, 1.54) is 0 Å². The van der Waals surface area contributed by atoms with Crippen molar-refractivity contribution in [1.29, 1.82) is 0 Å². The first-order valence-corrected chi connectivity index (χ1v) is 26.6. The van der Waals surface area contributed by atoms with Crippen molar-refractivity contribution in [3.05, 3.63) is 113 Å². The van der Waals surface area contributed by atoms with Crippen molar-refractivity contribution in [2.75, 3.05) is 92.8 Å². The minimum absolute atomic E-state index is 0.257. The number of para-hydroxylation sites is 2. The van der Waals surface area contributed by atoms with Gasteiger partial charge in [-0.15, -0.1) is 0 Å². The molecule has 0 radical (unpaired) electrons. The number of hydrogen-bond donors (Lipinski definition) is 2. The molecule has 2 aromatic carbocycles. The highest BCUT2D eigenvalue weighted by atomic mass is 79.9. The Morgan fingerprint density at radius 3 is 1.59 bits per heavy atom. The van der Waals surface area contributed by atoms with E-state index in [4.69, 9.17) is 37.1 Å². The molecule has 22 heteroatoms. The number of halogens is 1. The Morgan fingerprint density at radius 1 is 0.632 bits per heavy atom. The summed E-state index contributed by atoms with van der Waals surface area (Å²) in [7, 11) is 7.55. The van der Waals surface area contributed by atoms with Crippen molar-refractivity contribution in [3.8, 4) is 34.3 Å². The first-order valence-electron chi connectivity index (χ1n) is 25.8. The molecule has 5 aliphatic heterocycles. The zero-order valence-corrected chi connectivity index (χ0v) is 46.3. The van der Waals surface area contributed by atoms with E-state index in [1.54, 1.807) is 24.8 Å². The maximum absolute atomic E-state index is 12.7. The molecular formula is C54H70BBrN10O10. The number of likely N-dealkylation sites (N-methyl/N-ethyl adjacent to an activating group) is 2. The lowest BCUT2D eigenvalue weighted by Crippen LogP contribution is -2.44. The average Bonchev–Trinajstić information content (AvgIpc) is 4.27.